The molecule has 0 atom stereocenters. The minimum absolute atomic E-state index is 0.170. The van der Waals surface area contributed by atoms with Crippen LogP contribution in [0.15, 0.2) is 63.6 Å². The highest BCUT2D eigenvalue weighted by atomic mass is 35.5. The van der Waals surface area contributed by atoms with Crippen molar-refractivity contribution in [1.82, 2.24) is 5.32 Å². The van der Waals surface area contributed by atoms with Crippen LogP contribution in [0.25, 0.3) is 0 Å². The quantitative estimate of drug-likeness (QED) is 0.300. The summed E-state index contributed by atoms with van der Waals surface area (Å²) in [5.41, 5.74) is 1.52. The Morgan fingerprint density at radius 2 is 2.00 bits per heavy atom. The van der Waals surface area contributed by atoms with E-state index in [1.165, 1.54) is 13.3 Å². The highest BCUT2D eigenvalue weighted by Gasteiger charge is 2.25. The predicted molar refractivity (Wildman–Crippen MR) is 118 cm³/mol. The Balaban J connectivity index is 1.71. The molecule has 1 aliphatic rings. The molecule has 1 saturated heterocycles. The van der Waals surface area contributed by atoms with Gasteiger partial charge >= 0.3 is 5.97 Å². The van der Waals surface area contributed by atoms with E-state index >= 15 is 0 Å². The van der Waals surface area contributed by atoms with E-state index in [2.05, 4.69) is 20.3 Å². The van der Waals surface area contributed by atoms with Gasteiger partial charge in [0, 0.05) is 21.7 Å². The predicted octanol–water partition coefficient (Wildman–Crippen LogP) is 4.18. The molecule has 7 nitrogen and oxygen atoms in total. The number of hydrogen-bond donors (Lipinski definition) is 1. The molecule has 3 rings (SSSR count). The molecule has 0 radical (unpaired) electrons. The molecule has 0 bridgehead atoms. The zero-order valence-electron chi connectivity index (χ0n) is 15.6. The number of nitrogens with one attached hydrogen (secondary N) is 1. The molecule has 1 aliphatic heterocycles. The SMILES string of the molecule is COC(=O)/C=C1/S/C(=N\N=Cc2cc(Cl)ccc2OCc2cccc(Cl)c2)NC1=O. The van der Waals surface area contributed by atoms with Gasteiger partial charge in [0.05, 0.1) is 18.2 Å². The number of benzene rings is 2. The summed E-state index contributed by atoms with van der Waals surface area (Å²) in [6, 6.07) is 12.5. The average Bonchev–Trinajstić information content (AvgIpc) is 3.06. The third-order valence-electron chi connectivity index (χ3n) is 3.70. The lowest BCUT2D eigenvalue weighted by Crippen LogP contribution is -2.19. The lowest BCUT2D eigenvalue weighted by Gasteiger charge is -2.09. The van der Waals surface area contributed by atoms with Crippen LogP contribution in [0.3, 0.4) is 0 Å². The van der Waals surface area contributed by atoms with Crippen LogP contribution >= 0.6 is 35.0 Å². The van der Waals surface area contributed by atoms with E-state index in [1.54, 1.807) is 24.3 Å². The van der Waals surface area contributed by atoms with E-state index in [0.717, 1.165) is 23.4 Å². The fourth-order valence-electron chi connectivity index (χ4n) is 2.32. The number of carbonyl (C=O) groups excluding carboxylic acids is 2. The zero-order valence-corrected chi connectivity index (χ0v) is 17.9. The maximum Gasteiger partial charge on any atom is 0.331 e. The van der Waals surface area contributed by atoms with Crippen molar-refractivity contribution in [2.24, 2.45) is 10.2 Å². The number of esters is 1. The van der Waals surface area contributed by atoms with Crippen molar-refractivity contribution in [1.29, 1.82) is 0 Å². The third-order valence-corrected chi connectivity index (χ3v) is 5.07. The Kier molecular flexibility index (Phi) is 7.51. The summed E-state index contributed by atoms with van der Waals surface area (Å²) in [6.07, 6.45) is 2.55. The van der Waals surface area contributed by atoms with Crippen molar-refractivity contribution in [3.05, 3.63) is 74.6 Å². The maximum absolute atomic E-state index is 11.8. The first-order valence-electron chi connectivity index (χ1n) is 8.51. The summed E-state index contributed by atoms with van der Waals surface area (Å²) in [7, 11) is 1.23. The highest BCUT2D eigenvalue weighted by Crippen LogP contribution is 2.25. The largest absolute Gasteiger partial charge is 0.488 e. The first-order chi connectivity index (χ1) is 14.4. The van der Waals surface area contributed by atoms with E-state index in [-0.39, 0.29) is 10.1 Å². The molecular formula is C20H15Cl2N3O4S. The van der Waals surface area contributed by atoms with Gasteiger partial charge in [-0.2, -0.15) is 5.10 Å². The summed E-state index contributed by atoms with van der Waals surface area (Å²) < 4.78 is 10.4. The minimum Gasteiger partial charge on any atom is -0.488 e. The summed E-state index contributed by atoms with van der Waals surface area (Å²) in [6.45, 7) is 0.311. The molecule has 0 spiro atoms. The van der Waals surface area contributed by atoms with Gasteiger partial charge in [-0.1, -0.05) is 35.3 Å². The van der Waals surface area contributed by atoms with Crippen molar-refractivity contribution in [2.45, 2.75) is 6.61 Å². The fourth-order valence-corrected chi connectivity index (χ4v) is 3.46. The molecule has 30 heavy (non-hydrogen) atoms. The van der Waals surface area contributed by atoms with Crippen molar-refractivity contribution < 1.29 is 19.1 Å². The fraction of sp³-hybridized carbons (Fsp3) is 0.100. The third kappa shape index (κ3) is 6.09. The summed E-state index contributed by atoms with van der Waals surface area (Å²) in [5, 5.41) is 11.8. The van der Waals surface area contributed by atoms with Gasteiger partial charge in [-0.15, -0.1) is 5.10 Å². The summed E-state index contributed by atoms with van der Waals surface area (Å²) in [4.78, 5) is 23.3. The second-order valence-corrected chi connectivity index (χ2v) is 7.74. The zero-order chi connectivity index (χ0) is 21.5. The van der Waals surface area contributed by atoms with Gasteiger partial charge in [0.2, 0.25) is 0 Å². The number of hydrogen-bond acceptors (Lipinski definition) is 7. The number of halogens is 2. The molecule has 2 aromatic carbocycles. The molecule has 1 heterocycles. The second-order valence-electron chi connectivity index (χ2n) is 5.84. The number of ether oxygens (including phenoxy) is 2. The van der Waals surface area contributed by atoms with Crippen molar-refractivity contribution in [3.8, 4) is 5.75 Å². The van der Waals surface area contributed by atoms with Crippen LogP contribution in [-0.2, 0) is 20.9 Å². The molecular weight excluding hydrogens is 449 g/mol. The Bertz CT molecular complexity index is 1070. The van der Waals surface area contributed by atoms with Gasteiger partial charge in [-0.25, -0.2) is 4.79 Å². The van der Waals surface area contributed by atoms with Crippen LogP contribution in [0.5, 0.6) is 5.75 Å². The van der Waals surface area contributed by atoms with Crippen LogP contribution in [0.4, 0.5) is 0 Å². The normalized spacial score (nSPS) is 16.3. The number of amidine groups is 1. The van der Waals surface area contributed by atoms with Crippen molar-refractivity contribution >= 4 is 58.2 Å². The van der Waals surface area contributed by atoms with Crippen LogP contribution in [-0.4, -0.2) is 30.4 Å². The summed E-state index contributed by atoms with van der Waals surface area (Å²) in [5.74, 6) is -0.525. The molecule has 0 saturated carbocycles. The number of amides is 1. The molecule has 154 valence electrons. The molecule has 10 heteroatoms. The van der Waals surface area contributed by atoms with Crippen LogP contribution in [0.2, 0.25) is 10.0 Å². The standard InChI is InChI=1S/C20H15Cl2N3O4S/c1-28-18(26)9-17-19(27)24-20(30-17)25-23-10-13-8-15(22)5-6-16(13)29-11-12-3-2-4-14(21)7-12/h2-10H,11H2,1H3,(H,24,25,27)/b17-9+,23-10?. The smallest absolute Gasteiger partial charge is 0.331 e. The monoisotopic (exact) mass is 463 g/mol. The van der Waals surface area contributed by atoms with E-state index in [9.17, 15) is 9.59 Å². The van der Waals surface area contributed by atoms with Crippen LogP contribution in [0.1, 0.15) is 11.1 Å². The van der Waals surface area contributed by atoms with E-state index < -0.39 is 11.9 Å². The van der Waals surface area contributed by atoms with Gasteiger partial charge in [-0.05, 0) is 47.7 Å². The number of methoxy groups -OCH3 is 1. The van der Waals surface area contributed by atoms with E-state index in [0.29, 0.717) is 28.0 Å². The Labute approximate surface area is 186 Å². The Morgan fingerprint density at radius 3 is 2.77 bits per heavy atom. The molecule has 0 unspecified atom stereocenters. The Morgan fingerprint density at radius 1 is 1.20 bits per heavy atom. The van der Waals surface area contributed by atoms with E-state index in [1.807, 2.05) is 18.2 Å². The first kappa shape index (κ1) is 21.9. The number of thioether (sulfide) groups is 1. The average molecular weight is 464 g/mol. The van der Waals surface area contributed by atoms with Crippen LogP contribution < -0.4 is 10.1 Å². The lowest BCUT2D eigenvalue weighted by atomic mass is 10.2. The topological polar surface area (TPSA) is 89.3 Å². The minimum atomic E-state index is -0.627. The number of carbonyl (C=O) groups is 2. The lowest BCUT2D eigenvalue weighted by molar-refractivity contribution is -0.135. The molecule has 1 fully saturated rings. The van der Waals surface area contributed by atoms with Gasteiger partial charge in [0.1, 0.15) is 12.4 Å². The molecule has 1 N–H and O–H groups in total. The first-order valence-corrected chi connectivity index (χ1v) is 10.1. The number of rotatable bonds is 6. The van der Waals surface area contributed by atoms with Crippen LogP contribution in [0, 0.1) is 0 Å². The molecule has 0 aliphatic carbocycles. The maximum atomic E-state index is 11.8. The molecule has 0 aromatic heterocycles. The van der Waals surface area contributed by atoms with Gasteiger partial charge in [-0.3, -0.25) is 10.1 Å². The van der Waals surface area contributed by atoms with E-state index in [4.69, 9.17) is 27.9 Å². The molecule has 2 aromatic rings. The van der Waals surface area contributed by atoms with Gasteiger partial charge in [0.15, 0.2) is 5.17 Å². The second kappa shape index (κ2) is 10.3. The Hall–Kier alpha value is -2.81. The van der Waals surface area contributed by atoms with Gasteiger partial charge in [0.25, 0.3) is 5.91 Å². The van der Waals surface area contributed by atoms with Crippen molar-refractivity contribution in [2.75, 3.05) is 7.11 Å². The van der Waals surface area contributed by atoms with Gasteiger partial charge < -0.3 is 9.47 Å². The number of nitrogens with zero attached hydrogens (tertiary/aromatic N) is 2. The van der Waals surface area contributed by atoms with Crippen molar-refractivity contribution in [3.63, 3.8) is 0 Å². The highest BCUT2D eigenvalue weighted by molar-refractivity contribution is 8.18. The molecule has 1 amide bonds. The summed E-state index contributed by atoms with van der Waals surface area (Å²) >= 11 is 13.1.